The molecule has 2 heterocycles. The minimum Gasteiger partial charge on any atom is -0.457 e. The standard InChI is InChI=1S/C30H26N4O2/c1-21-17-25(13-15-29(21)36-26-8-4-3-5-9-26)33-30-27-18-23(12-14-28(27)31-20-32-30)10-11-24-7-6-16-34(19-24)22(2)35/h3-5,8-9,12-15,17-20H,6-7,16H2,1-2H3,(H,31,32,33). The monoisotopic (exact) mass is 474 g/mol. The molecule has 0 aliphatic carbocycles. The SMILES string of the molecule is CC(=O)N1C=C(C#Cc2ccc3ncnc(Nc4ccc(Oc5ccccc5)c(C)c4)c3c2)CCC1. The number of hydrogen-bond donors (Lipinski definition) is 1. The number of carbonyl (C=O) groups excluding carboxylic acids is 1. The van der Waals surface area contributed by atoms with Crippen LogP contribution in [0, 0.1) is 18.8 Å². The molecular formula is C30H26N4O2. The summed E-state index contributed by atoms with van der Waals surface area (Å²) in [5, 5.41) is 4.30. The summed E-state index contributed by atoms with van der Waals surface area (Å²) in [4.78, 5) is 22.3. The van der Waals surface area contributed by atoms with Gasteiger partial charge in [0.1, 0.15) is 23.6 Å². The number of amides is 1. The number of nitrogens with one attached hydrogen (secondary N) is 1. The van der Waals surface area contributed by atoms with E-state index < -0.39 is 0 Å². The number of rotatable bonds is 4. The van der Waals surface area contributed by atoms with Crippen molar-refractivity contribution in [3.05, 3.63) is 96.0 Å². The Morgan fingerprint density at radius 2 is 1.89 bits per heavy atom. The van der Waals surface area contributed by atoms with Crippen molar-refractivity contribution < 1.29 is 9.53 Å². The Kier molecular flexibility index (Phi) is 6.63. The third-order valence-corrected chi connectivity index (χ3v) is 5.97. The molecule has 4 aromatic rings. The lowest BCUT2D eigenvalue weighted by atomic mass is 10.1. The minimum atomic E-state index is 0.0440. The predicted octanol–water partition coefficient (Wildman–Crippen LogP) is 6.35. The van der Waals surface area contributed by atoms with Crippen molar-refractivity contribution in [2.75, 3.05) is 11.9 Å². The van der Waals surface area contributed by atoms with Crippen molar-refractivity contribution in [1.82, 2.24) is 14.9 Å². The fraction of sp³-hybridized carbons (Fsp3) is 0.167. The van der Waals surface area contributed by atoms with E-state index in [1.807, 2.05) is 79.9 Å². The lowest BCUT2D eigenvalue weighted by Crippen LogP contribution is -2.27. The fourth-order valence-corrected chi connectivity index (χ4v) is 4.08. The van der Waals surface area contributed by atoms with E-state index >= 15 is 0 Å². The van der Waals surface area contributed by atoms with Gasteiger partial charge in [0.25, 0.3) is 0 Å². The van der Waals surface area contributed by atoms with Gasteiger partial charge in [0.15, 0.2) is 0 Å². The van der Waals surface area contributed by atoms with Crippen LogP contribution in [0.4, 0.5) is 11.5 Å². The molecule has 0 bridgehead atoms. The highest BCUT2D eigenvalue weighted by Crippen LogP contribution is 2.30. The molecule has 36 heavy (non-hydrogen) atoms. The molecule has 0 unspecified atom stereocenters. The fourth-order valence-electron chi connectivity index (χ4n) is 4.08. The quantitative estimate of drug-likeness (QED) is 0.349. The van der Waals surface area contributed by atoms with Crippen molar-refractivity contribution in [1.29, 1.82) is 0 Å². The molecular weight excluding hydrogens is 448 g/mol. The van der Waals surface area contributed by atoms with E-state index in [0.29, 0.717) is 5.82 Å². The molecule has 0 fully saturated rings. The van der Waals surface area contributed by atoms with E-state index in [2.05, 4.69) is 27.1 Å². The van der Waals surface area contributed by atoms with Gasteiger partial charge in [0.2, 0.25) is 5.91 Å². The first kappa shape index (κ1) is 23.1. The van der Waals surface area contributed by atoms with Gasteiger partial charge in [-0.15, -0.1) is 0 Å². The molecule has 1 aliphatic rings. The Morgan fingerprint density at radius 3 is 2.69 bits per heavy atom. The lowest BCUT2D eigenvalue weighted by molar-refractivity contribution is -0.126. The number of hydrogen-bond acceptors (Lipinski definition) is 5. The molecule has 0 atom stereocenters. The summed E-state index contributed by atoms with van der Waals surface area (Å²) in [6.07, 6.45) is 5.22. The summed E-state index contributed by atoms with van der Waals surface area (Å²) < 4.78 is 6.00. The second-order valence-electron chi connectivity index (χ2n) is 8.69. The van der Waals surface area contributed by atoms with E-state index in [0.717, 1.165) is 64.2 Å². The van der Waals surface area contributed by atoms with Gasteiger partial charge in [-0.3, -0.25) is 4.79 Å². The third-order valence-electron chi connectivity index (χ3n) is 5.97. The predicted molar refractivity (Wildman–Crippen MR) is 142 cm³/mol. The van der Waals surface area contributed by atoms with E-state index in [1.165, 1.54) is 0 Å². The Hall–Kier alpha value is -4.63. The summed E-state index contributed by atoms with van der Waals surface area (Å²) in [7, 11) is 0. The number of anilines is 2. The molecule has 178 valence electrons. The molecule has 1 aromatic heterocycles. The normalized spacial score (nSPS) is 12.9. The molecule has 0 spiro atoms. The first-order chi connectivity index (χ1) is 17.5. The maximum absolute atomic E-state index is 11.7. The van der Waals surface area contributed by atoms with Crippen molar-refractivity contribution in [3.63, 3.8) is 0 Å². The van der Waals surface area contributed by atoms with Crippen LogP contribution >= 0.6 is 0 Å². The van der Waals surface area contributed by atoms with Crippen LogP contribution in [-0.4, -0.2) is 27.3 Å². The van der Waals surface area contributed by atoms with Crippen molar-refractivity contribution >= 4 is 28.3 Å². The highest BCUT2D eigenvalue weighted by molar-refractivity contribution is 5.91. The lowest BCUT2D eigenvalue weighted by Gasteiger charge is -2.21. The Bertz CT molecular complexity index is 1520. The van der Waals surface area contributed by atoms with Gasteiger partial charge in [-0.2, -0.15) is 0 Å². The maximum atomic E-state index is 11.7. The first-order valence-electron chi connectivity index (χ1n) is 11.9. The number of aromatic nitrogens is 2. The maximum Gasteiger partial charge on any atom is 0.223 e. The molecule has 1 amide bonds. The van der Waals surface area contributed by atoms with Gasteiger partial charge in [-0.25, -0.2) is 9.97 Å². The second kappa shape index (κ2) is 10.3. The minimum absolute atomic E-state index is 0.0440. The van der Waals surface area contributed by atoms with Gasteiger partial charge in [-0.05, 0) is 73.9 Å². The third kappa shape index (κ3) is 5.37. The number of fused-ring (bicyclic) bond motifs is 1. The summed E-state index contributed by atoms with van der Waals surface area (Å²) in [5.74, 6) is 8.83. The Balaban J connectivity index is 1.39. The van der Waals surface area contributed by atoms with Crippen LogP contribution in [-0.2, 0) is 4.79 Å². The summed E-state index contributed by atoms with van der Waals surface area (Å²) in [6.45, 7) is 4.35. The number of carbonyl (C=O) groups is 1. The summed E-state index contributed by atoms with van der Waals surface area (Å²) in [6, 6.07) is 21.6. The molecule has 1 aliphatic heterocycles. The van der Waals surface area contributed by atoms with Crippen LogP contribution in [0.5, 0.6) is 11.5 Å². The topological polar surface area (TPSA) is 67.4 Å². The van der Waals surface area contributed by atoms with Crippen LogP contribution in [0.3, 0.4) is 0 Å². The molecule has 5 rings (SSSR count). The van der Waals surface area contributed by atoms with Gasteiger partial charge < -0.3 is 15.0 Å². The van der Waals surface area contributed by atoms with Crippen LogP contribution in [0.2, 0.25) is 0 Å². The number of para-hydroxylation sites is 1. The molecule has 6 heteroatoms. The summed E-state index contributed by atoms with van der Waals surface area (Å²) in [5.41, 5.74) is 4.57. The molecule has 1 N–H and O–H groups in total. The van der Waals surface area contributed by atoms with E-state index in [4.69, 9.17) is 4.74 Å². The van der Waals surface area contributed by atoms with Crippen LogP contribution in [0.1, 0.15) is 30.9 Å². The van der Waals surface area contributed by atoms with Crippen LogP contribution in [0.15, 0.2) is 84.8 Å². The average molecular weight is 475 g/mol. The van der Waals surface area contributed by atoms with Gasteiger partial charge >= 0.3 is 0 Å². The number of benzene rings is 3. The van der Waals surface area contributed by atoms with Crippen LogP contribution < -0.4 is 10.1 Å². The smallest absolute Gasteiger partial charge is 0.223 e. The summed E-state index contributed by atoms with van der Waals surface area (Å²) >= 11 is 0. The molecule has 6 nitrogen and oxygen atoms in total. The zero-order chi connectivity index (χ0) is 24.9. The zero-order valence-electron chi connectivity index (χ0n) is 20.3. The van der Waals surface area contributed by atoms with E-state index in [-0.39, 0.29) is 5.91 Å². The van der Waals surface area contributed by atoms with Crippen LogP contribution in [0.25, 0.3) is 10.9 Å². The zero-order valence-corrected chi connectivity index (χ0v) is 20.3. The largest absolute Gasteiger partial charge is 0.457 e. The first-order valence-corrected chi connectivity index (χ1v) is 11.9. The van der Waals surface area contributed by atoms with Gasteiger partial charge in [-0.1, -0.05) is 30.0 Å². The molecule has 0 saturated heterocycles. The van der Waals surface area contributed by atoms with E-state index in [1.54, 1.807) is 18.2 Å². The highest BCUT2D eigenvalue weighted by Gasteiger charge is 2.12. The van der Waals surface area contributed by atoms with E-state index in [9.17, 15) is 4.79 Å². The second-order valence-corrected chi connectivity index (χ2v) is 8.69. The van der Waals surface area contributed by atoms with Crippen molar-refractivity contribution in [3.8, 4) is 23.3 Å². The highest BCUT2D eigenvalue weighted by atomic mass is 16.5. The Labute approximate surface area is 210 Å². The van der Waals surface area contributed by atoms with Gasteiger partial charge in [0, 0.05) is 41.9 Å². The number of ether oxygens (including phenoxy) is 1. The number of allylic oxidation sites excluding steroid dienone is 1. The van der Waals surface area contributed by atoms with Gasteiger partial charge in [0.05, 0.1) is 5.52 Å². The average Bonchev–Trinajstić information content (AvgIpc) is 2.90. The Morgan fingerprint density at radius 1 is 1.03 bits per heavy atom. The molecule has 0 saturated carbocycles. The van der Waals surface area contributed by atoms with Crippen molar-refractivity contribution in [2.24, 2.45) is 0 Å². The molecule has 3 aromatic carbocycles. The number of nitrogens with zero attached hydrogens (tertiary/aromatic N) is 3. The molecule has 0 radical (unpaired) electrons. The van der Waals surface area contributed by atoms with Crippen molar-refractivity contribution in [2.45, 2.75) is 26.7 Å². The number of aryl methyl sites for hydroxylation is 1.